The average Bonchev–Trinajstić information content (AvgIpc) is 2.67. The van der Waals surface area contributed by atoms with Gasteiger partial charge in [-0.25, -0.2) is 4.39 Å². The van der Waals surface area contributed by atoms with Crippen LogP contribution in [0.15, 0.2) is 48.5 Å². The number of carbonyl (C=O) groups is 2. The van der Waals surface area contributed by atoms with Crippen LogP contribution >= 0.6 is 0 Å². The first kappa shape index (κ1) is 21.6. The zero-order valence-corrected chi connectivity index (χ0v) is 16.9. The van der Waals surface area contributed by atoms with Crippen molar-refractivity contribution >= 4 is 11.8 Å². The number of amides is 2. The molecular weight excluding hydrogens is 355 g/mol. The summed E-state index contributed by atoms with van der Waals surface area (Å²) in [7, 11) is 0. The van der Waals surface area contributed by atoms with E-state index >= 15 is 0 Å². The van der Waals surface area contributed by atoms with Gasteiger partial charge in [-0.3, -0.25) is 9.59 Å². The number of benzene rings is 2. The van der Waals surface area contributed by atoms with Crippen molar-refractivity contribution in [2.24, 2.45) is 0 Å². The molecule has 2 amide bonds. The fraction of sp³-hybridized carbons (Fsp3) is 0.391. The van der Waals surface area contributed by atoms with Crippen molar-refractivity contribution in [3.8, 4) is 0 Å². The quantitative estimate of drug-likeness (QED) is 0.664. The standard InChI is InChI=1S/C23H29FN2O2/c1-4-5-13-25-23(28)18(3)26(16-19-9-11-21(24)12-10-19)22(27)15-20-8-6-7-17(2)14-20/h6-12,14,18H,4-5,13,15-16H2,1-3H3,(H,25,28)/t18-/m0/s1. The van der Waals surface area contributed by atoms with E-state index < -0.39 is 6.04 Å². The number of carbonyl (C=O) groups excluding carboxylic acids is 2. The molecule has 2 aromatic rings. The summed E-state index contributed by atoms with van der Waals surface area (Å²) in [6.07, 6.45) is 2.10. The van der Waals surface area contributed by atoms with Crippen LogP contribution in [0.2, 0.25) is 0 Å². The molecule has 1 N–H and O–H groups in total. The molecule has 0 bridgehead atoms. The summed E-state index contributed by atoms with van der Waals surface area (Å²) in [5.74, 6) is -0.632. The highest BCUT2D eigenvalue weighted by atomic mass is 19.1. The summed E-state index contributed by atoms with van der Waals surface area (Å²) in [6, 6.07) is 13.2. The lowest BCUT2D eigenvalue weighted by atomic mass is 10.1. The Balaban J connectivity index is 2.17. The lowest BCUT2D eigenvalue weighted by Crippen LogP contribution is -2.48. The Morgan fingerprint density at radius 2 is 1.82 bits per heavy atom. The van der Waals surface area contributed by atoms with Gasteiger partial charge < -0.3 is 10.2 Å². The predicted molar refractivity (Wildman–Crippen MR) is 109 cm³/mol. The van der Waals surface area contributed by atoms with E-state index in [-0.39, 0.29) is 30.6 Å². The Morgan fingerprint density at radius 1 is 1.11 bits per heavy atom. The van der Waals surface area contributed by atoms with Crippen molar-refractivity contribution < 1.29 is 14.0 Å². The van der Waals surface area contributed by atoms with E-state index in [0.29, 0.717) is 6.54 Å². The van der Waals surface area contributed by atoms with Gasteiger partial charge in [0.1, 0.15) is 11.9 Å². The fourth-order valence-electron chi connectivity index (χ4n) is 3.00. The molecule has 0 saturated carbocycles. The second-order valence-electron chi connectivity index (χ2n) is 7.13. The third-order valence-corrected chi connectivity index (χ3v) is 4.70. The van der Waals surface area contributed by atoms with Crippen molar-refractivity contribution in [3.05, 3.63) is 71.0 Å². The number of hydrogen-bond acceptors (Lipinski definition) is 2. The summed E-state index contributed by atoms with van der Waals surface area (Å²) in [4.78, 5) is 27.2. The molecule has 0 heterocycles. The van der Waals surface area contributed by atoms with Gasteiger partial charge in [0.05, 0.1) is 6.42 Å². The molecule has 1 atom stereocenters. The van der Waals surface area contributed by atoms with Gasteiger partial charge in [-0.15, -0.1) is 0 Å². The van der Waals surface area contributed by atoms with Crippen LogP contribution in [0.5, 0.6) is 0 Å². The molecule has 5 heteroatoms. The van der Waals surface area contributed by atoms with Crippen LogP contribution in [0.4, 0.5) is 4.39 Å². The van der Waals surface area contributed by atoms with Crippen LogP contribution in [-0.4, -0.2) is 29.3 Å². The molecule has 28 heavy (non-hydrogen) atoms. The van der Waals surface area contributed by atoms with Crippen LogP contribution in [-0.2, 0) is 22.6 Å². The lowest BCUT2D eigenvalue weighted by Gasteiger charge is -2.29. The number of hydrogen-bond donors (Lipinski definition) is 1. The lowest BCUT2D eigenvalue weighted by molar-refractivity contribution is -0.140. The first-order valence-corrected chi connectivity index (χ1v) is 9.78. The maximum Gasteiger partial charge on any atom is 0.242 e. The maximum absolute atomic E-state index is 13.2. The van der Waals surface area contributed by atoms with Crippen LogP contribution < -0.4 is 5.32 Å². The number of aryl methyl sites for hydroxylation is 1. The molecule has 0 radical (unpaired) electrons. The van der Waals surface area contributed by atoms with Gasteiger partial charge in [0.15, 0.2) is 0 Å². The minimum absolute atomic E-state index is 0.131. The van der Waals surface area contributed by atoms with Gasteiger partial charge in [-0.1, -0.05) is 55.3 Å². The summed E-state index contributed by atoms with van der Waals surface area (Å²) >= 11 is 0. The molecule has 2 rings (SSSR count). The highest BCUT2D eigenvalue weighted by Gasteiger charge is 2.26. The maximum atomic E-state index is 13.2. The van der Waals surface area contributed by atoms with Gasteiger partial charge in [0, 0.05) is 13.1 Å². The third-order valence-electron chi connectivity index (χ3n) is 4.70. The fourth-order valence-corrected chi connectivity index (χ4v) is 3.00. The second-order valence-corrected chi connectivity index (χ2v) is 7.13. The zero-order valence-electron chi connectivity index (χ0n) is 16.9. The topological polar surface area (TPSA) is 49.4 Å². The Kier molecular flexibility index (Phi) is 8.18. The van der Waals surface area contributed by atoms with Gasteiger partial charge in [0.25, 0.3) is 0 Å². The van der Waals surface area contributed by atoms with Crippen molar-refractivity contribution in [1.29, 1.82) is 0 Å². The third kappa shape index (κ3) is 6.48. The summed E-state index contributed by atoms with van der Waals surface area (Å²) < 4.78 is 13.2. The molecule has 0 fully saturated rings. The smallest absolute Gasteiger partial charge is 0.242 e. The van der Waals surface area contributed by atoms with Crippen LogP contribution in [0.25, 0.3) is 0 Å². The molecule has 150 valence electrons. The van der Waals surface area contributed by atoms with Gasteiger partial charge in [-0.2, -0.15) is 0 Å². The molecule has 0 aromatic heterocycles. The van der Waals surface area contributed by atoms with Gasteiger partial charge >= 0.3 is 0 Å². The molecule has 0 unspecified atom stereocenters. The predicted octanol–water partition coefficient (Wildman–Crippen LogP) is 4.01. The first-order chi connectivity index (χ1) is 13.4. The molecule has 0 spiro atoms. The highest BCUT2D eigenvalue weighted by Crippen LogP contribution is 2.14. The van der Waals surface area contributed by atoms with Crippen molar-refractivity contribution in [1.82, 2.24) is 10.2 Å². The van der Waals surface area contributed by atoms with E-state index in [2.05, 4.69) is 12.2 Å². The number of halogens is 1. The molecule has 2 aromatic carbocycles. The number of nitrogens with one attached hydrogen (secondary N) is 1. The van der Waals surface area contributed by atoms with Crippen LogP contribution in [0.1, 0.15) is 43.4 Å². The summed E-state index contributed by atoms with van der Waals surface area (Å²) in [5.41, 5.74) is 2.78. The minimum atomic E-state index is -0.612. The van der Waals surface area contributed by atoms with Crippen LogP contribution in [0.3, 0.4) is 0 Å². The largest absolute Gasteiger partial charge is 0.354 e. The number of rotatable bonds is 9. The van der Waals surface area contributed by atoms with Gasteiger partial charge in [-0.05, 0) is 43.5 Å². The van der Waals surface area contributed by atoms with E-state index in [0.717, 1.165) is 29.5 Å². The number of nitrogens with zero attached hydrogens (tertiary/aromatic N) is 1. The molecule has 0 aliphatic heterocycles. The molecule has 0 aliphatic carbocycles. The first-order valence-electron chi connectivity index (χ1n) is 9.78. The molecule has 4 nitrogen and oxygen atoms in total. The van der Waals surface area contributed by atoms with E-state index in [1.54, 1.807) is 24.0 Å². The highest BCUT2D eigenvalue weighted by molar-refractivity contribution is 5.88. The van der Waals surface area contributed by atoms with E-state index in [9.17, 15) is 14.0 Å². The minimum Gasteiger partial charge on any atom is -0.354 e. The SMILES string of the molecule is CCCCNC(=O)[C@H](C)N(Cc1ccc(F)cc1)C(=O)Cc1cccc(C)c1. The molecule has 0 aliphatic rings. The normalized spacial score (nSPS) is 11.7. The van der Waals surface area contributed by atoms with Crippen molar-refractivity contribution in [3.63, 3.8) is 0 Å². The van der Waals surface area contributed by atoms with Crippen molar-refractivity contribution in [2.75, 3.05) is 6.54 Å². The van der Waals surface area contributed by atoms with Crippen molar-refractivity contribution in [2.45, 2.75) is 52.6 Å². The summed E-state index contributed by atoms with van der Waals surface area (Å²) in [6.45, 7) is 6.62. The van der Waals surface area contributed by atoms with E-state index in [1.165, 1.54) is 12.1 Å². The Hall–Kier alpha value is -2.69. The monoisotopic (exact) mass is 384 g/mol. The second kappa shape index (κ2) is 10.6. The molecule has 0 saturated heterocycles. The van der Waals surface area contributed by atoms with E-state index in [1.807, 2.05) is 31.2 Å². The Morgan fingerprint density at radius 3 is 2.46 bits per heavy atom. The van der Waals surface area contributed by atoms with E-state index in [4.69, 9.17) is 0 Å². The zero-order chi connectivity index (χ0) is 20.5. The Bertz CT molecular complexity index is 789. The molecular formula is C23H29FN2O2. The average molecular weight is 384 g/mol. The summed E-state index contributed by atoms with van der Waals surface area (Å²) in [5, 5.41) is 2.89. The van der Waals surface area contributed by atoms with Crippen LogP contribution in [0, 0.1) is 12.7 Å². The Labute approximate surface area is 166 Å². The van der Waals surface area contributed by atoms with Gasteiger partial charge in [0.2, 0.25) is 11.8 Å². The number of unbranched alkanes of at least 4 members (excludes halogenated alkanes) is 1.